The highest BCUT2D eigenvalue weighted by atomic mass is 127. The van der Waals surface area contributed by atoms with Crippen molar-refractivity contribution in [3.05, 3.63) is 17.0 Å². The number of rotatable bonds is 8. The van der Waals surface area contributed by atoms with Gasteiger partial charge in [-0.1, -0.05) is 19.0 Å². The van der Waals surface area contributed by atoms with Gasteiger partial charge in [-0.05, 0) is 34.1 Å². The third-order valence-corrected chi connectivity index (χ3v) is 3.43. The summed E-state index contributed by atoms with van der Waals surface area (Å²) < 4.78 is 10.6. The lowest BCUT2D eigenvalue weighted by Crippen LogP contribution is -2.42. The Morgan fingerprint density at radius 3 is 2.33 bits per heavy atom. The molecule has 27 heavy (non-hydrogen) atoms. The van der Waals surface area contributed by atoms with Crippen LogP contribution < -0.4 is 16.0 Å². The summed E-state index contributed by atoms with van der Waals surface area (Å²) in [6.07, 6.45) is 1.19. The van der Waals surface area contributed by atoms with Crippen molar-refractivity contribution in [3.63, 3.8) is 0 Å². The molecule has 1 amide bonds. The fourth-order valence-electron chi connectivity index (χ4n) is 2.28. The first-order valence-electron chi connectivity index (χ1n) is 9.26. The van der Waals surface area contributed by atoms with Crippen molar-refractivity contribution in [1.29, 1.82) is 0 Å². The first-order valence-corrected chi connectivity index (χ1v) is 9.26. The molecule has 0 fully saturated rings. The van der Waals surface area contributed by atoms with Gasteiger partial charge in [0.25, 0.3) is 0 Å². The van der Waals surface area contributed by atoms with Gasteiger partial charge in [-0.3, -0.25) is 0 Å². The minimum absolute atomic E-state index is 0. The average Bonchev–Trinajstić information content (AvgIpc) is 2.96. The number of carbonyl (C=O) groups excluding carboxylic acids is 1. The Balaban J connectivity index is 0.00000676. The topological polar surface area (TPSA) is 101 Å². The lowest BCUT2D eigenvalue weighted by Gasteiger charge is -2.19. The van der Waals surface area contributed by atoms with Gasteiger partial charge < -0.3 is 25.2 Å². The zero-order valence-corrected chi connectivity index (χ0v) is 19.6. The largest absolute Gasteiger partial charge is 0.444 e. The molecule has 0 aliphatic heterocycles. The van der Waals surface area contributed by atoms with Crippen LogP contribution in [0.1, 0.15) is 58.6 Å². The number of ether oxygens (including phenoxy) is 1. The summed E-state index contributed by atoms with van der Waals surface area (Å²) in [6.45, 7) is 13.8. The van der Waals surface area contributed by atoms with Gasteiger partial charge >= 0.3 is 6.09 Å². The number of carbonyl (C=O) groups is 1. The molecular weight excluding hydrogens is 461 g/mol. The fraction of sp³-hybridized carbons (Fsp3) is 0.722. The van der Waals surface area contributed by atoms with Crippen molar-refractivity contribution < 1.29 is 14.1 Å². The normalized spacial score (nSPS) is 11.6. The zero-order valence-electron chi connectivity index (χ0n) is 17.3. The van der Waals surface area contributed by atoms with E-state index in [1.54, 1.807) is 0 Å². The molecule has 3 N–H and O–H groups in total. The number of halogens is 1. The van der Waals surface area contributed by atoms with Crippen LogP contribution in [0.4, 0.5) is 4.79 Å². The van der Waals surface area contributed by atoms with E-state index in [-0.39, 0.29) is 24.0 Å². The summed E-state index contributed by atoms with van der Waals surface area (Å²) in [6, 6.07) is 0. The van der Waals surface area contributed by atoms with Crippen LogP contribution in [-0.2, 0) is 24.1 Å². The monoisotopic (exact) mass is 495 g/mol. The predicted molar refractivity (Wildman–Crippen MR) is 118 cm³/mol. The Morgan fingerprint density at radius 2 is 1.78 bits per heavy atom. The molecule has 0 radical (unpaired) electrons. The molecule has 0 bridgehead atoms. The second-order valence-electron chi connectivity index (χ2n) is 6.79. The van der Waals surface area contributed by atoms with E-state index in [1.165, 1.54) is 0 Å². The van der Waals surface area contributed by atoms with Crippen LogP contribution in [0.3, 0.4) is 0 Å². The summed E-state index contributed by atoms with van der Waals surface area (Å²) in [4.78, 5) is 16.2. The van der Waals surface area contributed by atoms with E-state index < -0.39 is 11.7 Å². The number of nitrogens with one attached hydrogen (secondary N) is 3. The van der Waals surface area contributed by atoms with E-state index in [0.717, 1.165) is 36.4 Å². The van der Waals surface area contributed by atoms with Gasteiger partial charge in [0.15, 0.2) is 5.96 Å². The molecule has 156 valence electrons. The van der Waals surface area contributed by atoms with Gasteiger partial charge in [0.05, 0.1) is 12.2 Å². The van der Waals surface area contributed by atoms with Gasteiger partial charge in [0.2, 0.25) is 0 Å². The average molecular weight is 495 g/mol. The molecule has 9 heteroatoms. The molecular formula is C18H34IN5O3. The van der Waals surface area contributed by atoms with Gasteiger partial charge in [-0.2, -0.15) is 0 Å². The standard InChI is InChI=1S/C18H33N5O3.HI/c1-7-14-13(15(8-2)26-23-14)12-22-16(19-9-3)20-10-11-21-17(24)25-18(4,5)6;/h7-12H2,1-6H3,(H,21,24)(H2,19,20,22);1H. The van der Waals surface area contributed by atoms with Crippen molar-refractivity contribution in [2.45, 2.75) is 66.5 Å². The van der Waals surface area contributed by atoms with Crippen LogP contribution >= 0.6 is 24.0 Å². The second kappa shape index (κ2) is 12.8. The second-order valence-corrected chi connectivity index (χ2v) is 6.79. The lowest BCUT2D eigenvalue weighted by atomic mass is 10.1. The van der Waals surface area contributed by atoms with Gasteiger partial charge in [-0.15, -0.1) is 24.0 Å². The lowest BCUT2D eigenvalue weighted by molar-refractivity contribution is 0.0529. The Morgan fingerprint density at radius 1 is 1.11 bits per heavy atom. The van der Waals surface area contributed by atoms with Crippen molar-refractivity contribution >= 4 is 36.0 Å². The van der Waals surface area contributed by atoms with Crippen molar-refractivity contribution in [3.8, 4) is 0 Å². The van der Waals surface area contributed by atoms with Crippen molar-refractivity contribution in [1.82, 2.24) is 21.1 Å². The number of alkyl carbamates (subject to hydrolysis) is 1. The number of amides is 1. The quantitative estimate of drug-likeness (QED) is 0.222. The summed E-state index contributed by atoms with van der Waals surface area (Å²) in [5.74, 6) is 1.57. The van der Waals surface area contributed by atoms with Gasteiger partial charge in [0, 0.05) is 31.6 Å². The number of hydrogen-bond acceptors (Lipinski definition) is 5. The fourth-order valence-corrected chi connectivity index (χ4v) is 2.28. The number of aryl methyl sites for hydroxylation is 2. The highest BCUT2D eigenvalue weighted by Gasteiger charge is 2.15. The van der Waals surface area contributed by atoms with E-state index in [9.17, 15) is 4.79 Å². The Hall–Kier alpha value is -1.52. The summed E-state index contributed by atoms with van der Waals surface area (Å²) in [5.41, 5.74) is 1.51. The van der Waals surface area contributed by atoms with Crippen molar-refractivity contribution in [2.75, 3.05) is 19.6 Å². The smallest absolute Gasteiger partial charge is 0.407 e. The van der Waals surface area contributed by atoms with Crippen LogP contribution in [-0.4, -0.2) is 42.4 Å². The predicted octanol–water partition coefficient (Wildman–Crippen LogP) is 3.00. The molecule has 0 unspecified atom stereocenters. The SMILES string of the molecule is CCNC(=NCc1c(CC)noc1CC)NCCNC(=O)OC(C)(C)C.I. The Labute approximate surface area is 179 Å². The highest BCUT2D eigenvalue weighted by molar-refractivity contribution is 14.0. The Kier molecular flexibility index (Phi) is 12.1. The van der Waals surface area contributed by atoms with E-state index in [0.29, 0.717) is 25.6 Å². The molecule has 0 aliphatic rings. The summed E-state index contributed by atoms with van der Waals surface area (Å²) in [5, 5.41) is 13.2. The minimum Gasteiger partial charge on any atom is -0.444 e. The van der Waals surface area contributed by atoms with Crippen LogP contribution in [0.25, 0.3) is 0 Å². The number of aliphatic imine (C=N–C) groups is 1. The van der Waals surface area contributed by atoms with E-state index in [4.69, 9.17) is 9.26 Å². The van der Waals surface area contributed by atoms with Crippen LogP contribution in [0.15, 0.2) is 9.52 Å². The van der Waals surface area contributed by atoms with Crippen LogP contribution in [0.5, 0.6) is 0 Å². The van der Waals surface area contributed by atoms with Crippen molar-refractivity contribution in [2.24, 2.45) is 4.99 Å². The van der Waals surface area contributed by atoms with Gasteiger partial charge in [0.1, 0.15) is 11.4 Å². The minimum atomic E-state index is -0.500. The maximum Gasteiger partial charge on any atom is 0.407 e. The summed E-state index contributed by atoms with van der Waals surface area (Å²) in [7, 11) is 0. The first-order chi connectivity index (χ1) is 12.3. The van der Waals surface area contributed by atoms with E-state index >= 15 is 0 Å². The highest BCUT2D eigenvalue weighted by Crippen LogP contribution is 2.16. The van der Waals surface area contributed by atoms with Crippen LogP contribution in [0, 0.1) is 0 Å². The third-order valence-electron chi connectivity index (χ3n) is 3.43. The number of hydrogen-bond donors (Lipinski definition) is 3. The molecule has 0 spiro atoms. The summed E-state index contributed by atoms with van der Waals surface area (Å²) >= 11 is 0. The molecule has 0 saturated carbocycles. The number of aromatic nitrogens is 1. The maximum absolute atomic E-state index is 11.6. The molecule has 8 nitrogen and oxygen atoms in total. The third kappa shape index (κ3) is 9.83. The van der Waals surface area contributed by atoms with E-state index in [2.05, 4.69) is 33.0 Å². The molecule has 0 aliphatic carbocycles. The molecule has 1 heterocycles. The first kappa shape index (κ1) is 25.5. The van der Waals surface area contributed by atoms with Gasteiger partial charge in [-0.25, -0.2) is 9.79 Å². The number of guanidine groups is 1. The molecule has 0 aromatic carbocycles. The molecule has 1 aromatic heterocycles. The van der Waals surface area contributed by atoms with E-state index in [1.807, 2.05) is 34.6 Å². The zero-order chi connectivity index (χ0) is 19.6. The molecule has 1 aromatic rings. The van der Waals surface area contributed by atoms with Crippen LogP contribution in [0.2, 0.25) is 0 Å². The maximum atomic E-state index is 11.6. The molecule has 1 rings (SSSR count). The Bertz CT molecular complexity index is 575. The molecule has 0 saturated heterocycles. The number of nitrogens with zero attached hydrogens (tertiary/aromatic N) is 2. The molecule has 0 atom stereocenters.